The SMILES string of the molecule is O=C(Cc1cccs1)Nc1ccc(-n2ccnc2)cc1. The number of amides is 1. The molecule has 1 N–H and O–H groups in total. The second-order valence-corrected chi connectivity index (χ2v) is 5.35. The summed E-state index contributed by atoms with van der Waals surface area (Å²) >= 11 is 1.59. The Morgan fingerprint density at radius 1 is 1.25 bits per heavy atom. The lowest BCUT2D eigenvalue weighted by atomic mass is 10.2. The Balaban J connectivity index is 1.65. The van der Waals surface area contributed by atoms with E-state index < -0.39 is 0 Å². The fourth-order valence-corrected chi connectivity index (χ4v) is 2.61. The highest BCUT2D eigenvalue weighted by Gasteiger charge is 2.05. The molecule has 4 nitrogen and oxygen atoms in total. The molecule has 0 bridgehead atoms. The van der Waals surface area contributed by atoms with Crippen molar-refractivity contribution < 1.29 is 4.79 Å². The number of imidazole rings is 1. The molecule has 0 radical (unpaired) electrons. The summed E-state index contributed by atoms with van der Waals surface area (Å²) in [5, 5.41) is 4.87. The third kappa shape index (κ3) is 2.95. The van der Waals surface area contributed by atoms with Crippen molar-refractivity contribution >= 4 is 22.9 Å². The first-order valence-corrected chi connectivity index (χ1v) is 7.10. The molecule has 0 spiro atoms. The number of rotatable bonds is 4. The molecule has 20 heavy (non-hydrogen) atoms. The summed E-state index contributed by atoms with van der Waals surface area (Å²) in [6.45, 7) is 0. The molecular weight excluding hydrogens is 270 g/mol. The molecule has 1 aromatic carbocycles. The minimum atomic E-state index is 0.00262. The van der Waals surface area contributed by atoms with E-state index in [0.29, 0.717) is 6.42 Å². The Morgan fingerprint density at radius 2 is 2.10 bits per heavy atom. The van der Waals surface area contributed by atoms with Crippen LogP contribution in [0.3, 0.4) is 0 Å². The molecule has 2 aromatic heterocycles. The van der Waals surface area contributed by atoms with Crippen LogP contribution in [0.4, 0.5) is 5.69 Å². The summed E-state index contributed by atoms with van der Waals surface area (Å²) in [6, 6.07) is 11.6. The van der Waals surface area contributed by atoms with Gasteiger partial charge in [-0.2, -0.15) is 0 Å². The molecule has 0 fully saturated rings. The molecule has 0 unspecified atom stereocenters. The lowest BCUT2D eigenvalue weighted by Gasteiger charge is -2.06. The predicted molar refractivity (Wildman–Crippen MR) is 80.2 cm³/mol. The third-order valence-electron chi connectivity index (χ3n) is 2.87. The number of anilines is 1. The van der Waals surface area contributed by atoms with E-state index >= 15 is 0 Å². The van der Waals surface area contributed by atoms with Crippen molar-refractivity contribution in [2.24, 2.45) is 0 Å². The Hall–Kier alpha value is -2.40. The zero-order valence-electron chi connectivity index (χ0n) is 10.7. The molecule has 0 aliphatic carbocycles. The second-order valence-electron chi connectivity index (χ2n) is 4.32. The number of nitrogens with zero attached hydrogens (tertiary/aromatic N) is 2. The number of carbonyl (C=O) groups excluding carboxylic acids is 1. The number of benzene rings is 1. The maximum atomic E-state index is 11.9. The van der Waals surface area contributed by atoms with Gasteiger partial charge in [-0.25, -0.2) is 4.98 Å². The van der Waals surface area contributed by atoms with Gasteiger partial charge in [-0.3, -0.25) is 4.79 Å². The summed E-state index contributed by atoms with van der Waals surface area (Å²) in [7, 11) is 0. The Morgan fingerprint density at radius 3 is 2.75 bits per heavy atom. The van der Waals surface area contributed by atoms with Crippen molar-refractivity contribution in [1.29, 1.82) is 0 Å². The molecule has 100 valence electrons. The van der Waals surface area contributed by atoms with Crippen LogP contribution >= 0.6 is 11.3 Å². The maximum absolute atomic E-state index is 11.9. The first-order chi connectivity index (χ1) is 9.81. The third-order valence-corrected chi connectivity index (χ3v) is 3.74. The quantitative estimate of drug-likeness (QED) is 0.799. The Kier molecular flexibility index (Phi) is 3.60. The summed E-state index contributed by atoms with van der Waals surface area (Å²) in [4.78, 5) is 16.9. The number of hydrogen-bond acceptors (Lipinski definition) is 3. The smallest absolute Gasteiger partial charge is 0.229 e. The average Bonchev–Trinajstić information content (AvgIpc) is 3.12. The van der Waals surface area contributed by atoms with Gasteiger partial charge >= 0.3 is 0 Å². The van der Waals surface area contributed by atoms with Crippen molar-refractivity contribution in [2.45, 2.75) is 6.42 Å². The van der Waals surface area contributed by atoms with Gasteiger partial charge in [0.05, 0.1) is 12.7 Å². The van der Waals surface area contributed by atoms with E-state index in [1.54, 1.807) is 23.9 Å². The van der Waals surface area contributed by atoms with E-state index in [9.17, 15) is 4.79 Å². The van der Waals surface area contributed by atoms with E-state index in [0.717, 1.165) is 16.3 Å². The molecule has 1 amide bonds. The summed E-state index contributed by atoms with van der Waals surface area (Å²) < 4.78 is 1.91. The van der Waals surface area contributed by atoms with Crippen LogP contribution in [0.5, 0.6) is 0 Å². The van der Waals surface area contributed by atoms with Crippen LogP contribution in [0.25, 0.3) is 5.69 Å². The van der Waals surface area contributed by atoms with Crippen molar-refractivity contribution in [2.75, 3.05) is 5.32 Å². The largest absolute Gasteiger partial charge is 0.326 e. The van der Waals surface area contributed by atoms with E-state index in [1.807, 2.05) is 52.5 Å². The molecule has 5 heteroatoms. The van der Waals surface area contributed by atoms with Gasteiger partial charge < -0.3 is 9.88 Å². The fraction of sp³-hybridized carbons (Fsp3) is 0.0667. The van der Waals surface area contributed by atoms with Crippen molar-refractivity contribution in [1.82, 2.24) is 9.55 Å². The van der Waals surface area contributed by atoms with Crippen LogP contribution in [0.15, 0.2) is 60.5 Å². The van der Waals surface area contributed by atoms with Gasteiger partial charge in [0.15, 0.2) is 0 Å². The van der Waals surface area contributed by atoms with Crippen LogP contribution in [0.2, 0.25) is 0 Å². The predicted octanol–water partition coefficient (Wildman–Crippen LogP) is 3.12. The molecule has 0 aliphatic heterocycles. The van der Waals surface area contributed by atoms with E-state index in [-0.39, 0.29) is 5.91 Å². The van der Waals surface area contributed by atoms with E-state index in [1.165, 1.54) is 0 Å². The summed E-state index contributed by atoms with van der Waals surface area (Å²) in [5.74, 6) is 0.00262. The number of nitrogens with one attached hydrogen (secondary N) is 1. The lowest BCUT2D eigenvalue weighted by molar-refractivity contribution is -0.115. The van der Waals surface area contributed by atoms with Crippen LogP contribution in [-0.4, -0.2) is 15.5 Å². The average molecular weight is 283 g/mol. The monoisotopic (exact) mass is 283 g/mol. The fourth-order valence-electron chi connectivity index (χ4n) is 1.91. The molecule has 3 rings (SSSR count). The number of carbonyl (C=O) groups is 1. The first kappa shape index (κ1) is 12.6. The van der Waals surface area contributed by atoms with Crippen LogP contribution < -0.4 is 5.32 Å². The zero-order chi connectivity index (χ0) is 13.8. The normalized spacial score (nSPS) is 10.4. The molecule has 0 atom stereocenters. The number of aromatic nitrogens is 2. The van der Waals surface area contributed by atoms with Crippen LogP contribution in [0, 0.1) is 0 Å². The molecular formula is C15H13N3OS. The van der Waals surface area contributed by atoms with Crippen molar-refractivity contribution in [3.63, 3.8) is 0 Å². The van der Waals surface area contributed by atoms with Crippen LogP contribution in [0.1, 0.15) is 4.88 Å². The van der Waals surface area contributed by atoms with Gasteiger partial charge in [0.2, 0.25) is 5.91 Å². The highest BCUT2D eigenvalue weighted by Crippen LogP contribution is 2.14. The van der Waals surface area contributed by atoms with Crippen LogP contribution in [-0.2, 0) is 11.2 Å². The summed E-state index contributed by atoms with van der Waals surface area (Å²) in [5.41, 5.74) is 1.81. The van der Waals surface area contributed by atoms with Gasteiger partial charge in [0.25, 0.3) is 0 Å². The van der Waals surface area contributed by atoms with Crippen molar-refractivity contribution in [3.05, 3.63) is 65.4 Å². The topological polar surface area (TPSA) is 46.9 Å². The van der Waals surface area contributed by atoms with Gasteiger partial charge in [-0.1, -0.05) is 6.07 Å². The molecule has 3 aromatic rings. The molecule has 0 saturated carbocycles. The summed E-state index contributed by atoms with van der Waals surface area (Å²) in [6.07, 6.45) is 5.77. The highest BCUT2D eigenvalue weighted by molar-refractivity contribution is 7.10. The number of hydrogen-bond donors (Lipinski definition) is 1. The highest BCUT2D eigenvalue weighted by atomic mass is 32.1. The molecule has 0 aliphatic rings. The Bertz CT molecular complexity index is 673. The van der Waals surface area contributed by atoms with Crippen molar-refractivity contribution in [3.8, 4) is 5.69 Å². The second kappa shape index (κ2) is 5.71. The first-order valence-electron chi connectivity index (χ1n) is 6.22. The minimum Gasteiger partial charge on any atom is -0.326 e. The lowest BCUT2D eigenvalue weighted by Crippen LogP contribution is -2.13. The molecule has 0 saturated heterocycles. The zero-order valence-corrected chi connectivity index (χ0v) is 11.5. The minimum absolute atomic E-state index is 0.00262. The van der Waals surface area contributed by atoms with E-state index in [2.05, 4.69) is 10.3 Å². The van der Waals surface area contributed by atoms with Gasteiger partial charge in [-0.15, -0.1) is 11.3 Å². The maximum Gasteiger partial charge on any atom is 0.229 e. The number of thiophene rings is 1. The Labute approximate surface area is 120 Å². The van der Waals surface area contributed by atoms with Gasteiger partial charge in [0.1, 0.15) is 0 Å². The van der Waals surface area contributed by atoms with Gasteiger partial charge in [-0.05, 0) is 35.7 Å². The van der Waals surface area contributed by atoms with E-state index in [4.69, 9.17) is 0 Å². The standard InChI is InChI=1S/C15H13N3OS/c19-15(10-14-2-1-9-20-14)17-12-3-5-13(6-4-12)18-8-7-16-11-18/h1-9,11H,10H2,(H,17,19). The van der Waals surface area contributed by atoms with Gasteiger partial charge in [0, 0.05) is 28.6 Å². The molecule has 2 heterocycles.